The van der Waals surface area contributed by atoms with Crippen molar-refractivity contribution in [3.8, 4) is 0 Å². The summed E-state index contributed by atoms with van der Waals surface area (Å²) >= 11 is 0. The van der Waals surface area contributed by atoms with Crippen LogP contribution in [0.15, 0.2) is 0 Å². The summed E-state index contributed by atoms with van der Waals surface area (Å²) in [4.78, 5) is 2.57. The minimum Gasteiger partial charge on any atom is -0.293 e. The van der Waals surface area contributed by atoms with Crippen molar-refractivity contribution in [2.45, 2.75) is 89.8 Å². The highest BCUT2D eigenvalue weighted by molar-refractivity contribution is 4.99. The molecule has 0 bridgehead atoms. The molecule has 1 heterocycles. The fourth-order valence-electron chi connectivity index (χ4n) is 4.47. The number of tetrazole rings is 1. The molecule has 0 spiro atoms. The molecule has 2 saturated carbocycles. The van der Waals surface area contributed by atoms with Crippen LogP contribution in [0.4, 0.5) is 0 Å². The third-order valence-electron chi connectivity index (χ3n) is 5.67. The number of hydrogen-bond donors (Lipinski definition) is 0. The molecule has 1 aromatic heterocycles. The molecule has 3 rings (SSSR count). The number of hydrogen-bond acceptors (Lipinski definition) is 4. The maximum atomic E-state index is 4.46. The van der Waals surface area contributed by atoms with E-state index in [1.807, 2.05) is 0 Å². The lowest BCUT2D eigenvalue weighted by Gasteiger charge is -2.38. The lowest BCUT2D eigenvalue weighted by atomic mass is 9.91. The second kappa shape index (κ2) is 7.07. The van der Waals surface area contributed by atoms with Gasteiger partial charge in [-0.3, -0.25) is 4.90 Å². The quantitative estimate of drug-likeness (QED) is 0.831. The van der Waals surface area contributed by atoms with E-state index in [1.54, 1.807) is 0 Å². The van der Waals surface area contributed by atoms with Crippen molar-refractivity contribution < 1.29 is 0 Å². The summed E-state index contributed by atoms with van der Waals surface area (Å²) in [6, 6.07) is 1.54. The van der Waals surface area contributed by atoms with Gasteiger partial charge in [0.1, 0.15) is 0 Å². The molecule has 0 unspecified atom stereocenters. The van der Waals surface area contributed by atoms with Crippen LogP contribution in [0.25, 0.3) is 0 Å². The molecule has 2 aliphatic rings. The molecule has 0 aromatic carbocycles. The zero-order valence-electron chi connectivity index (χ0n) is 14.4. The Labute approximate surface area is 134 Å². The van der Waals surface area contributed by atoms with E-state index in [-0.39, 0.29) is 0 Å². The van der Waals surface area contributed by atoms with Crippen LogP contribution in [0.3, 0.4) is 0 Å². The maximum Gasteiger partial charge on any atom is 0.168 e. The molecule has 0 aliphatic heterocycles. The first-order chi connectivity index (χ1) is 10.7. The molecule has 0 amide bonds. The molecule has 2 fully saturated rings. The van der Waals surface area contributed by atoms with Gasteiger partial charge in [-0.05, 0) is 49.1 Å². The number of aromatic nitrogens is 4. The third-order valence-corrected chi connectivity index (χ3v) is 5.67. The minimum absolute atomic E-state index is 0.332. The summed E-state index contributed by atoms with van der Waals surface area (Å²) in [6.45, 7) is 4.61. The van der Waals surface area contributed by atoms with Crippen molar-refractivity contribution >= 4 is 0 Å². The summed E-state index contributed by atoms with van der Waals surface area (Å²) in [5.41, 5.74) is 0. The summed E-state index contributed by atoms with van der Waals surface area (Å²) in [6.07, 6.45) is 11.9. The van der Waals surface area contributed by atoms with Gasteiger partial charge in [-0.25, -0.2) is 4.68 Å². The van der Waals surface area contributed by atoms with E-state index >= 15 is 0 Å². The molecule has 1 atom stereocenters. The van der Waals surface area contributed by atoms with Crippen LogP contribution < -0.4 is 0 Å². The molecule has 0 N–H and O–H groups in total. The lowest BCUT2D eigenvalue weighted by Crippen LogP contribution is -2.40. The van der Waals surface area contributed by atoms with Gasteiger partial charge in [-0.15, -0.1) is 5.10 Å². The van der Waals surface area contributed by atoms with Crippen LogP contribution >= 0.6 is 0 Å². The fraction of sp³-hybridized carbons (Fsp3) is 0.941. The minimum atomic E-state index is 0.332. The zero-order valence-corrected chi connectivity index (χ0v) is 14.4. The molecular weight excluding hydrogens is 274 g/mol. The van der Waals surface area contributed by atoms with Gasteiger partial charge in [0, 0.05) is 6.04 Å². The number of rotatable bonds is 5. The second-order valence-corrected chi connectivity index (χ2v) is 7.57. The topological polar surface area (TPSA) is 46.8 Å². The van der Waals surface area contributed by atoms with Gasteiger partial charge in [-0.2, -0.15) is 0 Å². The van der Waals surface area contributed by atoms with Gasteiger partial charge in [0.2, 0.25) is 0 Å². The Hall–Kier alpha value is -0.970. The van der Waals surface area contributed by atoms with Crippen LogP contribution in [0, 0.1) is 5.92 Å². The highest BCUT2D eigenvalue weighted by Crippen LogP contribution is 2.36. The predicted molar refractivity (Wildman–Crippen MR) is 87.5 cm³/mol. The van der Waals surface area contributed by atoms with E-state index in [2.05, 4.69) is 46.0 Å². The van der Waals surface area contributed by atoms with Crippen LogP contribution in [-0.2, 0) is 0 Å². The molecular formula is C17H31N5. The Morgan fingerprint density at radius 2 is 1.64 bits per heavy atom. The lowest BCUT2D eigenvalue weighted by molar-refractivity contribution is 0.0973. The summed E-state index contributed by atoms with van der Waals surface area (Å²) in [7, 11) is 2.29. The van der Waals surface area contributed by atoms with Crippen LogP contribution in [0.5, 0.6) is 0 Å². The molecule has 0 saturated heterocycles. The van der Waals surface area contributed by atoms with Crippen molar-refractivity contribution in [1.29, 1.82) is 0 Å². The molecule has 2 aliphatic carbocycles. The van der Waals surface area contributed by atoms with Gasteiger partial charge < -0.3 is 0 Å². The van der Waals surface area contributed by atoms with Crippen molar-refractivity contribution in [2.24, 2.45) is 5.92 Å². The Kier molecular flexibility index (Phi) is 5.11. The standard InChI is InChI=1S/C17H31N5/c1-13(2)16(21(3)14-9-5-4-6-10-14)17-18-19-20-22(17)15-11-7-8-12-15/h13-16H,4-12H2,1-3H3/t16-/m0/s1. The molecule has 5 heteroatoms. The van der Waals surface area contributed by atoms with Gasteiger partial charge in [0.25, 0.3) is 0 Å². The van der Waals surface area contributed by atoms with E-state index in [4.69, 9.17) is 0 Å². The normalized spacial score (nSPS) is 22.8. The first kappa shape index (κ1) is 15.9. The van der Waals surface area contributed by atoms with Crippen LogP contribution in [0.1, 0.15) is 89.5 Å². The first-order valence-electron chi connectivity index (χ1n) is 9.18. The Bertz CT molecular complexity index is 457. The first-order valence-corrected chi connectivity index (χ1v) is 9.18. The smallest absolute Gasteiger partial charge is 0.168 e. The second-order valence-electron chi connectivity index (χ2n) is 7.57. The molecule has 5 nitrogen and oxygen atoms in total. The van der Waals surface area contributed by atoms with E-state index in [0.29, 0.717) is 24.0 Å². The van der Waals surface area contributed by atoms with E-state index in [1.165, 1.54) is 57.8 Å². The van der Waals surface area contributed by atoms with Gasteiger partial charge >= 0.3 is 0 Å². The molecule has 22 heavy (non-hydrogen) atoms. The highest BCUT2D eigenvalue weighted by Gasteiger charge is 2.33. The average molecular weight is 305 g/mol. The van der Waals surface area contributed by atoms with Gasteiger partial charge in [-0.1, -0.05) is 46.0 Å². The van der Waals surface area contributed by atoms with E-state index in [0.717, 1.165) is 5.82 Å². The maximum absolute atomic E-state index is 4.46. The van der Waals surface area contributed by atoms with Gasteiger partial charge in [0.15, 0.2) is 5.82 Å². The van der Waals surface area contributed by atoms with Crippen LogP contribution in [0.2, 0.25) is 0 Å². The monoisotopic (exact) mass is 305 g/mol. The molecule has 1 aromatic rings. The van der Waals surface area contributed by atoms with Crippen molar-refractivity contribution in [3.05, 3.63) is 5.82 Å². The van der Waals surface area contributed by atoms with Crippen molar-refractivity contribution in [1.82, 2.24) is 25.1 Å². The average Bonchev–Trinajstić information content (AvgIpc) is 3.18. The summed E-state index contributed by atoms with van der Waals surface area (Å²) in [5, 5.41) is 12.9. The van der Waals surface area contributed by atoms with Crippen molar-refractivity contribution in [3.63, 3.8) is 0 Å². The molecule has 0 radical (unpaired) electrons. The van der Waals surface area contributed by atoms with Crippen LogP contribution in [-0.4, -0.2) is 38.2 Å². The fourth-order valence-corrected chi connectivity index (χ4v) is 4.47. The van der Waals surface area contributed by atoms with E-state index < -0.39 is 0 Å². The molecule has 124 valence electrons. The summed E-state index contributed by atoms with van der Waals surface area (Å²) in [5.74, 6) is 1.62. The SMILES string of the molecule is CC(C)[C@@H](c1nnnn1C1CCCC1)N(C)C1CCCCC1. The van der Waals surface area contributed by atoms with Crippen molar-refractivity contribution in [2.75, 3.05) is 7.05 Å². The van der Waals surface area contributed by atoms with E-state index in [9.17, 15) is 0 Å². The summed E-state index contributed by atoms with van der Waals surface area (Å²) < 4.78 is 2.15. The Morgan fingerprint density at radius 3 is 2.27 bits per heavy atom. The Balaban J connectivity index is 1.83. The highest BCUT2D eigenvalue weighted by atomic mass is 15.6. The number of nitrogens with zero attached hydrogens (tertiary/aromatic N) is 5. The van der Waals surface area contributed by atoms with Gasteiger partial charge in [0.05, 0.1) is 12.1 Å². The Morgan fingerprint density at radius 1 is 1.00 bits per heavy atom. The predicted octanol–water partition coefficient (Wildman–Crippen LogP) is 3.75. The largest absolute Gasteiger partial charge is 0.293 e. The third kappa shape index (κ3) is 3.19. The zero-order chi connectivity index (χ0) is 15.5.